The fourth-order valence-corrected chi connectivity index (χ4v) is 8.85. The fraction of sp³-hybridized carbons (Fsp3) is 0.0566. The van der Waals surface area contributed by atoms with E-state index < -0.39 is 0 Å². The SMILES string of the molecule is CC1(C)c2ccccc2-c2cc(-c3ccc(-c4ccc(-c5cc(-c6ccc7oc8ccccc8c7c6)nc(-c6ccccc6)n5)c5ccccc45)cc3)ccc21. The van der Waals surface area contributed by atoms with E-state index in [1.807, 2.05) is 36.4 Å². The molecule has 1 aliphatic rings. The summed E-state index contributed by atoms with van der Waals surface area (Å²) >= 11 is 0. The summed E-state index contributed by atoms with van der Waals surface area (Å²) < 4.78 is 6.16. The second-order valence-corrected chi connectivity index (χ2v) is 15.4. The number of rotatable bonds is 5. The Bertz CT molecular complexity index is 3150. The Hall–Kier alpha value is -7.10. The molecule has 0 fully saturated rings. The molecule has 2 aromatic heterocycles. The van der Waals surface area contributed by atoms with Crippen molar-refractivity contribution in [2.24, 2.45) is 0 Å². The van der Waals surface area contributed by atoms with Crippen molar-refractivity contribution in [3.05, 3.63) is 193 Å². The van der Waals surface area contributed by atoms with Gasteiger partial charge in [0, 0.05) is 32.9 Å². The van der Waals surface area contributed by atoms with Crippen LogP contribution >= 0.6 is 0 Å². The molecule has 0 unspecified atom stereocenters. The van der Waals surface area contributed by atoms with Gasteiger partial charge in [-0.05, 0) is 91.7 Å². The Balaban J connectivity index is 1.00. The Kier molecular flexibility index (Phi) is 7.20. The maximum Gasteiger partial charge on any atom is 0.160 e. The Morgan fingerprint density at radius 1 is 0.357 bits per heavy atom. The summed E-state index contributed by atoms with van der Waals surface area (Å²) in [4.78, 5) is 10.4. The molecule has 0 N–H and O–H groups in total. The van der Waals surface area contributed by atoms with Crippen molar-refractivity contribution in [3.8, 4) is 67.3 Å². The number of hydrogen-bond acceptors (Lipinski definition) is 3. The molecule has 0 bridgehead atoms. The number of fused-ring (bicyclic) bond motifs is 7. The molecule has 0 spiro atoms. The minimum Gasteiger partial charge on any atom is -0.456 e. The molecule has 11 rings (SSSR count). The molecule has 8 aromatic carbocycles. The zero-order chi connectivity index (χ0) is 37.4. The quantitative estimate of drug-likeness (QED) is 0.178. The number of benzene rings is 8. The van der Waals surface area contributed by atoms with E-state index >= 15 is 0 Å². The second kappa shape index (κ2) is 12.5. The summed E-state index contributed by atoms with van der Waals surface area (Å²) in [5.41, 5.74) is 16.8. The van der Waals surface area contributed by atoms with Crippen LogP contribution in [0.4, 0.5) is 0 Å². The van der Waals surface area contributed by atoms with E-state index in [0.717, 1.165) is 55.4 Å². The smallest absolute Gasteiger partial charge is 0.160 e. The highest BCUT2D eigenvalue weighted by Gasteiger charge is 2.35. The Morgan fingerprint density at radius 3 is 1.80 bits per heavy atom. The van der Waals surface area contributed by atoms with E-state index in [4.69, 9.17) is 14.4 Å². The monoisotopic (exact) mass is 716 g/mol. The highest BCUT2D eigenvalue weighted by atomic mass is 16.3. The molecule has 1 aliphatic carbocycles. The van der Waals surface area contributed by atoms with Crippen molar-refractivity contribution in [2.45, 2.75) is 19.3 Å². The van der Waals surface area contributed by atoms with Crippen LogP contribution in [-0.4, -0.2) is 9.97 Å². The lowest BCUT2D eigenvalue weighted by Crippen LogP contribution is -2.14. The second-order valence-electron chi connectivity index (χ2n) is 15.4. The first-order valence-corrected chi connectivity index (χ1v) is 19.2. The van der Waals surface area contributed by atoms with Gasteiger partial charge in [0.25, 0.3) is 0 Å². The molecule has 2 heterocycles. The maximum atomic E-state index is 6.16. The summed E-state index contributed by atoms with van der Waals surface area (Å²) in [6.45, 7) is 4.66. The third-order valence-electron chi connectivity index (χ3n) is 11.7. The van der Waals surface area contributed by atoms with Crippen molar-refractivity contribution < 1.29 is 4.42 Å². The van der Waals surface area contributed by atoms with Gasteiger partial charge in [0.15, 0.2) is 5.82 Å². The van der Waals surface area contributed by atoms with Crippen LogP contribution < -0.4 is 0 Å². The lowest BCUT2D eigenvalue weighted by atomic mass is 9.82. The lowest BCUT2D eigenvalue weighted by Gasteiger charge is -2.21. The van der Waals surface area contributed by atoms with E-state index in [1.165, 1.54) is 49.9 Å². The molecule has 0 amide bonds. The summed E-state index contributed by atoms with van der Waals surface area (Å²) in [7, 11) is 0. The van der Waals surface area contributed by atoms with Gasteiger partial charge in [-0.25, -0.2) is 9.97 Å². The third-order valence-corrected chi connectivity index (χ3v) is 11.7. The highest BCUT2D eigenvalue weighted by molar-refractivity contribution is 6.07. The van der Waals surface area contributed by atoms with Gasteiger partial charge in [0.05, 0.1) is 11.4 Å². The molecule has 0 aliphatic heterocycles. The minimum absolute atomic E-state index is 0.00189. The zero-order valence-electron chi connectivity index (χ0n) is 31.1. The van der Waals surface area contributed by atoms with E-state index in [-0.39, 0.29) is 5.41 Å². The highest BCUT2D eigenvalue weighted by Crippen LogP contribution is 2.49. The van der Waals surface area contributed by atoms with Gasteiger partial charge < -0.3 is 4.42 Å². The maximum absolute atomic E-state index is 6.16. The van der Waals surface area contributed by atoms with E-state index in [0.29, 0.717) is 5.82 Å². The molecule has 264 valence electrons. The van der Waals surface area contributed by atoms with Crippen LogP contribution in [0.2, 0.25) is 0 Å². The normalized spacial score (nSPS) is 13.0. The predicted molar refractivity (Wildman–Crippen MR) is 232 cm³/mol. The van der Waals surface area contributed by atoms with Gasteiger partial charge in [-0.2, -0.15) is 0 Å². The average molecular weight is 717 g/mol. The third kappa shape index (κ3) is 5.12. The molecule has 0 saturated heterocycles. The first-order valence-electron chi connectivity index (χ1n) is 19.2. The summed E-state index contributed by atoms with van der Waals surface area (Å²) in [5.74, 6) is 0.692. The molecular formula is C53H36N2O. The molecule has 3 nitrogen and oxygen atoms in total. The molecule has 0 saturated carbocycles. The topological polar surface area (TPSA) is 38.9 Å². The van der Waals surface area contributed by atoms with Crippen molar-refractivity contribution in [1.82, 2.24) is 9.97 Å². The van der Waals surface area contributed by atoms with Gasteiger partial charge in [0.1, 0.15) is 11.2 Å². The van der Waals surface area contributed by atoms with Gasteiger partial charge in [-0.1, -0.05) is 159 Å². The molecule has 3 heteroatoms. The molecule has 0 atom stereocenters. The van der Waals surface area contributed by atoms with Crippen LogP contribution in [0.5, 0.6) is 0 Å². The standard InChI is InChI=1S/C53H36N2O/c1-53(2)46-18-10-8-16-41(46)44-30-36(24-28-47(44)53)33-20-22-34(23-21-33)38-26-27-42(40-15-7-6-14-39(38)40)49-32-48(54-52(55-49)35-12-4-3-5-13-35)37-25-29-51-45(31-37)43-17-9-11-19-50(43)56-51/h3-32H,1-2H3. The Morgan fingerprint density at radius 2 is 0.964 bits per heavy atom. The van der Waals surface area contributed by atoms with Crippen LogP contribution in [0.15, 0.2) is 186 Å². The summed E-state index contributed by atoms with van der Waals surface area (Å²) in [6, 6.07) is 64.9. The lowest BCUT2D eigenvalue weighted by molar-refractivity contribution is 0.660. The van der Waals surface area contributed by atoms with E-state index in [2.05, 4.69) is 159 Å². The number of aromatic nitrogens is 2. The Labute approximate surface area is 325 Å². The van der Waals surface area contributed by atoms with Gasteiger partial charge >= 0.3 is 0 Å². The van der Waals surface area contributed by atoms with Crippen LogP contribution in [-0.2, 0) is 5.41 Å². The van der Waals surface area contributed by atoms with Crippen molar-refractivity contribution in [2.75, 3.05) is 0 Å². The molecular weight excluding hydrogens is 681 g/mol. The first kappa shape index (κ1) is 32.3. The van der Waals surface area contributed by atoms with Gasteiger partial charge in [0.2, 0.25) is 0 Å². The van der Waals surface area contributed by atoms with Crippen molar-refractivity contribution in [1.29, 1.82) is 0 Å². The van der Waals surface area contributed by atoms with Crippen molar-refractivity contribution >= 4 is 32.7 Å². The molecule has 56 heavy (non-hydrogen) atoms. The molecule has 0 radical (unpaired) electrons. The van der Waals surface area contributed by atoms with Crippen LogP contribution in [0, 0.1) is 0 Å². The van der Waals surface area contributed by atoms with Gasteiger partial charge in [-0.3, -0.25) is 0 Å². The summed E-state index contributed by atoms with van der Waals surface area (Å²) in [6.07, 6.45) is 0. The average Bonchev–Trinajstić information content (AvgIpc) is 3.74. The fourth-order valence-electron chi connectivity index (χ4n) is 8.85. The first-order chi connectivity index (χ1) is 27.5. The predicted octanol–water partition coefficient (Wildman–Crippen LogP) is 14.2. The van der Waals surface area contributed by atoms with Crippen LogP contribution in [0.1, 0.15) is 25.0 Å². The number of furan rings is 1. The van der Waals surface area contributed by atoms with E-state index in [1.54, 1.807) is 0 Å². The number of nitrogens with zero attached hydrogens (tertiary/aromatic N) is 2. The number of para-hydroxylation sites is 1. The van der Waals surface area contributed by atoms with Crippen LogP contribution in [0.3, 0.4) is 0 Å². The number of hydrogen-bond donors (Lipinski definition) is 0. The van der Waals surface area contributed by atoms with Crippen LogP contribution in [0.25, 0.3) is 100.0 Å². The largest absolute Gasteiger partial charge is 0.456 e. The minimum atomic E-state index is 0.00189. The molecule has 10 aromatic rings. The zero-order valence-corrected chi connectivity index (χ0v) is 31.1. The van der Waals surface area contributed by atoms with Crippen molar-refractivity contribution in [3.63, 3.8) is 0 Å². The summed E-state index contributed by atoms with van der Waals surface area (Å²) in [5, 5.41) is 4.50. The van der Waals surface area contributed by atoms with E-state index in [9.17, 15) is 0 Å². The van der Waals surface area contributed by atoms with Gasteiger partial charge in [-0.15, -0.1) is 0 Å².